The molecule has 1 aromatic rings. The first kappa shape index (κ1) is 15.3. The van der Waals surface area contributed by atoms with Crippen LogP contribution in [0.2, 0.25) is 0 Å². The van der Waals surface area contributed by atoms with Crippen LogP contribution < -0.4 is 10.6 Å². The molecule has 0 radical (unpaired) electrons. The van der Waals surface area contributed by atoms with Crippen LogP contribution in [0.25, 0.3) is 0 Å². The van der Waals surface area contributed by atoms with Gasteiger partial charge < -0.3 is 15.1 Å². The average Bonchev–Trinajstić information content (AvgIpc) is 2.61. The lowest BCUT2D eigenvalue weighted by atomic mass is 10.4. The Bertz CT molecular complexity index is 420. The van der Waals surface area contributed by atoms with Crippen LogP contribution in [-0.4, -0.2) is 30.7 Å². The molecule has 0 amide bonds. The molecule has 0 bridgehead atoms. The fourth-order valence-corrected chi connectivity index (χ4v) is 1.32. The van der Waals surface area contributed by atoms with E-state index in [1.54, 1.807) is 6.92 Å². The van der Waals surface area contributed by atoms with E-state index in [9.17, 15) is 13.2 Å². The van der Waals surface area contributed by atoms with E-state index in [0.717, 1.165) is 11.5 Å². The largest absolute Gasteiger partial charge is 0.444 e. The van der Waals surface area contributed by atoms with Crippen LogP contribution in [0.1, 0.15) is 23.8 Å². The van der Waals surface area contributed by atoms with Crippen LogP contribution in [0.3, 0.4) is 0 Å². The monoisotopic (exact) mass is 278 g/mol. The number of halogens is 3. The normalized spacial score (nSPS) is 12.6. The van der Waals surface area contributed by atoms with Gasteiger partial charge in [0, 0.05) is 13.6 Å². The van der Waals surface area contributed by atoms with Crippen molar-refractivity contribution in [3.05, 3.63) is 17.3 Å². The molecule has 0 fully saturated rings. The molecule has 0 aliphatic heterocycles. The predicted octanol–water partition coefficient (Wildman–Crippen LogP) is 1.91. The zero-order valence-electron chi connectivity index (χ0n) is 11.1. The van der Waals surface area contributed by atoms with Gasteiger partial charge in [-0.3, -0.25) is 4.99 Å². The fourth-order valence-electron chi connectivity index (χ4n) is 1.32. The number of aryl methyl sites for hydroxylation is 2. The first-order chi connectivity index (χ1) is 8.81. The first-order valence-corrected chi connectivity index (χ1v) is 5.76. The molecule has 108 valence electrons. The molecule has 0 spiro atoms. The lowest BCUT2D eigenvalue weighted by Gasteiger charge is -2.11. The van der Waals surface area contributed by atoms with Crippen molar-refractivity contribution in [3.63, 3.8) is 0 Å². The maximum atomic E-state index is 12.0. The number of nitrogens with zero attached hydrogens (tertiary/aromatic N) is 2. The van der Waals surface area contributed by atoms with E-state index in [2.05, 4.69) is 20.6 Å². The molecule has 8 heteroatoms. The number of nitrogens with one attached hydrogen (secondary N) is 2. The van der Waals surface area contributed by atoms with Crippen LogP contribution >= 0.6 is 0 Å². The number of alkyl halides is 3. The van der Waals surface area contributed by atoms with Gasteiger partial charge in [-0.05, 0) is 13.8 Å². The zero-order chi connectivity index (χ0) is 14.5. The Morgan fingerprint density at radius 1 is 1.32 bits per heavy atom. The highest BCUT2D eigenvalue weighted by atomic mass is 19.4. The second-order valence-electron chi connectivity index (χ2n) is 3.97. The molecule has 1 heterocycles. The summed E-state index contributed by atoms with van der Waals surface area (Å²) in [6, 6.07) is 0. The highest BCUT2D eigenvalue weighted by molar-refractivity contribution is 5.79. The zero-order valence-corrected chi connectivity index (χ0v) is 11.1. The van der Waals surface area contributed by atoms with Gasteiger partial charge in [-0.1, -0.05) is 0 Å². The molecule has 1 rings (SSSR count). The summed E-state index contributed by atoms with van der Waals surface area (Å²) in [4.78, 5) is 7.95. The lowest BCUT2D eigenvalue weighted by Crippen LogP contribution is -2.38. The minimum absolute atomic E-state index is 0.229. The molecule has 1 aromatic heterocycles. The molecular formula is C11H17F3N4O. The summed E-state index contributed by atoms with van der Waals surface area (Å²) in [6.07, 6.45) is -5.09. The quantitative estimate of drug-likeness (QED) is 0.652. The Morgan fingerprint density at radius 2 is 2.00 bits per heavy atom. The molecule has 0 aromatic carbocycles. The van der Waals surface area contributed by atoms with Gasteiger partial charge in [-0.2, -0.15) is 13.2 Å². The van der Waals surface area contributed by atoms with E-state index < -0.39 is 12.6 Å². The molecule has 0 atom stereocenters. The van der Waals surface area contributed by atoms with Gasteiger partial charge in [0.05, 0.1) is 18.7 Å². The Hall–Kier alpha value is -1.73. The smallest absolute Gasteiger partial charge is 0.390 e. The second kappa shape index (κ2) is 6.44. The molecule has 2 N–H and O–H groups in total. The van der Waals surface area contributed by atoms with E-state index in [0.29, 0.717) is 5.89 Å². The van der Waals surface area contributed by atoms with Crippen LogP contribution in [0.15, 0.2) is 9.41 Å². The van der Waals surface area contributed by atoms with E-state index >= 15 is 0 Å². The summed E-state index contributed by atoms with van der Waals surface area (Å²) in [7, 11) is 1.48. The van der Waals surface area contributed by atoms with E-state index in [4.69, 9.17) is 4.42 Å². The average molecular weight is 278 g/mol. The third-order valence-electron chi connectivity index (χ3n) is 2.40. The van der Waals surface area contributed by atoms with Gasteiger partial charge in [0.25, 0.3) is 0 Å². The van der Waals surface area contributed by atoms with Crippen LogP contribution in [0.4, 0.5) is 13.2 Å². The second-order valence-corrected chi connectivity index (χ2v) is 3.97. The van der Waals surface area contributed by atoms with Crippen molar-refractivity contribution in [2.24, 2.45) is 4.99 Å². The number of aliphatic imine (C=N–C) groups is 1. The number of rotatable bonds is 4. The summed E-state index contributed by atoms with van der Waals surface area (Å²) < 4.78 is 41.3. The minimum Gasteiger partial charge on any atom is -0.444 e. The van der Waals surface area contributed by atoms with Gasteiger partial charge in [-0.25, -0.2) is 4.98 Å². The molecular weight excluding hydrogens is 261 g/mol. The van der Waals surface area contributed by atoms with E-state index in [1.165, 1.54) is 7.05 Å². The van der Waals surface area contributed by atoms with Crippen LogP contribution in [-0.2, 0) is 6.54 Å². The maximum Gasteiger partial charge on any atom is 0.390 e. The molecule has 19 heavy (non-hydrogen) atoms. The van der Waals surface area contributed by atoms with Gasteiger partial charge >= 0.3 is 6.18 Å². The Kier molecular flexibility index (Phi) is 5.20. The van der Waals surface area contributed by atoms with Gasteiger partial charge in [-0.15, -0.1) is 0 Å². The number of hydrogen-bond acceptors (Lipinski definition) is 3. The SMILES string of the molecule is CN=C(NCCC(F)(F)F)NCc1nc(C)c(C)o1. The summed E-state index contributed by atoms with van der Waals surface area (Å²) in [5.74, 6) is 1.46. The summed E-state index contributed by atoms with van der Waals surface area (Å²) in [5.41, 5.74) is 0.789. The Labute approximate surface area is 109 Å². The van der Waals surface area contributed by atoms with Gasteiger partial charge in [0.15, 0.2) is 5.96 Å². The van der Waals surface area contributed by atoms with E-state index in [-0.39, 0.29) is 19.0 Å². The molecule has 0 aliphatic rings. The standard InChI is InChI=1S/C11H17F3N4O/c1-7-8(2)19-9(18-7)6-17-10(15-3)16-5-4-11(12,13)14/h4-6H2,1-3H3,(H2,15,16,17). The van der Waals surface area contributed by atoms with Crippen molar-refractivity contribution < 1.29 is 17.6 Å². The molecule has 0 saturated carbocycles. The van der Waals surface area contributed by atoms with Crippen molar-refractivity contribution in [2.45, 2.75) is 33.0 Å². The molecule has 5 nitrogen and oxygen atoms in total. The van der Waals surface area contributed by atoms with Crippen molar-refractivity contribution >= 4 is 5.96 Å². The van der Waals surface area contributed by atoms with Gasteiger partial charge in [0.2, 0.25) is 5.89 Å². The van der Waals surface area contributed by atoms with Crippen molar-refractivity contribution in [1.82, 2.24) is 15.6 Å². The fraction of sp³-hybridized carbons (Fsp3) is 0.636. The van der Waals surface area contributed by atoms with Crippen molar-refractivity contribution in [1.29, 1.82) is 0 Å². The highest BCUT2D eigenvalue weighted by Crippen LogP contribution is 2.18. The number of hydrogen-bond donors (Lipinski definition) is 2. The number of oxazole rings is 1. The van der Waals surface area contributed by atoms with Gasteiger partial charge in [0.1, 0.15) is 5.76 Å². The summed E-state index contributed by atoms with van der Waals surface area (Å²) >= 11 is 0. The number of aromatic nitrogens is 1. The molecule has 0 aliphatic carbocycles. The summed E-state index contributed by atoms with van der Waals surface area (Å²) in [5, 5.41) is 5.39. The van der Waals surface area contributed by atoms with Crippen LogP contribution in [0, 0.1) is 13.8 Å². The third kappa shape index (κ3) is 5.62. The summed E-state index contributed by atoms with van der Waals surface area (Å²) in [6.45, 7) is 3.65. The van der Waals surface area contributed by atoms with Crippen molar-refractivity contribution in [2.75, 3.05) is 13.6 Å². The topological polar surface area (TPSA) is 62.5 Å². The highest BCUT2D eigenvalue weighted by Gasteiger charge is 2.26. The molecule has 0 saturated heterocycles. The lowest BCUT2D eigenvalue weighted by molar-refractivity contribution is -0.132. The van der Waals surface area contributed by atoms with Crippen molar-refractivity contribution in [3.8, 4) is 0 Å². The maximum absolute atomic E-state index is 12.0. The number of guanidine groups is 1. The first-order valence-electron chi connectivity index (χ1n) is 5.76. The predicted molar refractivity (Wildman–Crippen MR) is 64.9 cm³/mol. The third-order valence-corrected chi connectivity index (χ3v) is 2.40. The van der Waals surface area contributed by atoms with Crippen LogP contribution in [0.5, 0.6) is 0 Å². The Morgan fingerprint density at radius 3 is 2.47 bits per heavy atom. The minimum atomic E-state index is -4.18. The Balaban J connectivity index is 2.37. The van der Waals surface area contributed by atoms with E-state index in [1.807, 2.05) is 6.92 Å². The molecule has 0 unspecified atom stereocenters.